The molecule has 1 fully saturated rings. The maximum atomic E-state index is 12.6. The first-order valence-corrected chi connectivity index (χ1v) is 7.07. The normalized spacial score (nSPS) is 19.4. The predicted molar refractivity (Wildman–Crippen MR) is 79.7 cm³/mol. The van der Waals surface area contributed by atoms with Crippen LogP contribution in [0.15, 0.2) is 18.2 Å². The highest BCUT2D eigenvalue weighted by atomic mass is 16.2. The van der Waals surface area contributed by atoms with Gasteiger partial charge in [-0.25, -0.2) is 0 Å². The first-order chi connectivity index (χ1) is 9.40. The van der Waals surface area contributed by atoms with E-state index in [0.717, 1.165) is 16.8 Å². The largest absolute Gasteiger partial charge is 0.343 e. The Morgan fingerprint density at radius 2 is 2.00 bits per heavy atom. The van der Waals surface area contributed by atoms with E-state index in [-0.39, 0.29) is 18.4 Å². The summed E-state index contributed by atoms with van der Waals surface area (Å²) in [6.45, 7) is 8.21. The van der Waals surface area contributed by atoms with Crippen LogP contribution in [-0.4, -0.2) is 24.4 Å². The van der Waals surface area contributed by atoms with Gasteiger partial charge in [-0.3, -0.25) is 9.59 Å². The van der Waals surface area contributed by atoms with Gasteiger partial charge in [0.15, 0.2) is 0 Å². The van der Waals surface area contributed by atoms with E-state index in [9.17, 15) is 9.59 Å². The Kier molecular flexibility index (Phi) is 4.12. The summed E-state index contributed by atoms with van der Waals surface area (Å²) in [6, 6.07) is 5.44. The molecule has 1 aliphatic rings. The number of rotatable bonds is 3. The molecule has 20 heavy (non-hydrogen) atoms. The first-order valence-electron chi connectivity index (χ1n) is 7.07. The molecule has 1 aromatic rings. The summed E-state index contributed by atoms with van der Waals surface area (Å²) in [7, 11) is 0. The Morgan fingerprint density at radius 1 is 1.30 bits per heavy atom. The van der Waals surface area contributed by atoms with Crippen LogP contribution >= 0.6 is 0 Å². The summed E-state index contributed by atoms with van der Waals surface area (Å²) in [5.41, 5.74) is 3.03. The molecule has 0 aromatic heterocycles. The Balaban J connectivity index is 2.32. The molecule has 4 nitrogen and oxygen atoms in total. The van der Waals surface area contributed by atoms with Crippen LogP contribution in [0, 0.1) is 19.8 Å². The maximum absolute atomic E-state index is 12.6. The van der Waals surface area contributed by atoms with Crippen LogP contribution in [0.25, 0.3) is 0 Å². The second-order valence-electron chi connectivity index (χ2n) is 5.89. The molecule has 0 aliphatic carbocycles. The number of carbonyl (C=O) groups excluding carboxylic acids is 2. The number of piperazine rings is 1. The maximum Gasteiger partial charge on any atom is 0.250 e. The highest BCUT2D eigenvalue weighted by Crippen LogP contribution is 2.25. The van der Waals surface area contributed by atoms with Gasteiger partial charge in [0.05, 0.1) is 0 Å². The Labute approximate surface area is 120 Å². The molecule has 2 amide bonds. The van der Waals surface area contributed by atoms with Crippen molar-refractivity contribution in [3.05, 3.63) is 29.3 Å². The quantitative estimate of drug-likeness (QED) is 0.918. The van der Waals surface area contributed by atoms with Gasteiger partial charge < -0.3 is 10.2 Å². The van der Waals surface area contributed by atoms with Gasteiger partial charge in [0.25, 0.3) is 0 Å². The first kappa shape index (κ1) is 14.6. The van der Waals surface area contributed by atoms with Crippen molar-refractivity contribution in [1.29, 1.82) is 0 Å². The zero-order chi connectivity index (χ0) is 14.9. The molecule has 4 heteroatoms. The second-order valence-corrected chi connectivity index (χ2v) is 5.89. The second kappa shape index (κ2) is 5.65. The van der Waals surface area contributed by atoms with Crippen LogP contribution in [0.1, 0.15) is 31.4 Å². The molecule has 1 aliphatic heterocycles. The van der Waals surface area contributed by atoms with Gasteiger partial charge in [-0.05, 0) is 43.4 Å². The number of nitrogens with zero attached hydrogens (tertiary/aromatic N) is 1. The third kappa shape index (κ3) is 2.84. The molecule has 0 saturated carbocycles. The number of benzene rings is 1. The van der Waals surface area contributed by atoms with Crippen LogP contribution in [0.3, 0.4) is 0 Å². The minimum absolute atomic E-state index is 0.00741. The van der Waals surface area contributed by atoms with E-state index < -0.39 is 6.04 Å². The number of hydrogen-bond acceptors (Lipinski definition) is 2. The van der Waals surface area contributed by atoms with E-state index in [1.54, 1.807) is 4.90 Å². The Morgan fingerprint density at radius 3 is 2.65 bits per heavy atom. The summed E-state index contributed by atoms with van der Waals surface area (Å²) in [5.74, 6) is 0.269. The zero-order valence-electron chi connectivity index (χ0n) is 12.6. The zero-order valence-corrected chi connectivity index (χ0v) is 12.6. The van der Waals surface area contributed by atoms with Crippen molar-refractivity contribution in [2.45, 2.75) is 40.2 Å². The van der Waals surface area contributed by atoms with Gasteiger partial charge >= 0.3 is 0 Å². The lowest BCUT2D eigenvalue weighted by atomic mass is 9.99. The number of nitrogens with one attached hydrogen (secondary N) is 1. The van der Waals surface area contributed by atoms with Crippen LogP contribution in [0.5, 0.6) is 0 Å². The smallest absolute Gasteiger partial charge is 0.250 e. The molecule has 1 unspecified atom stereocenters. The third-order valence-corrected chi connectivity index (χ3v) is 3.78. The summed E-state index contributed by atoms with van der Waals surface area (Å²) in [5, 5.41) is 2.80. The lowest BCUT2D eigenvalue weighted by molar-refractivity contribution is -0.131. The minimum atomic E-state index is -0.406. The fraction of sp³-hybridized carbons (Fsp3) is 0.500. The number of carbonyl (C=O) groups is 2. The molecule has 1 heterocycles. The van der Waals surface area contributed by atoms with Crippen molar-refractivity contribution < 1.29 is 9.59 Å². The summed E-state index contributed by atoms with van der Waals surface area (Å²) >= 11 is 0. The monoisotopic (exact) mass is 274 g/mol. The lowest BCUT2D eigenvalue weighted by Gasteiger charge is -2.34. The van der Waals surface area contributed by atoms with Crippen molar-refractivity contribution in [3.63, 3.8) is 0 Å². The van der Waals surface area contributed by atoms with Crippen LogP contribution in [0.4, 0.5) is 5.69 Å². The number of hydrogen-bond donors (Lipinski definition) is 1. The molecule has 108 valence electrons. The fourth-order valence-corrected chi connectivity index (χ4v) is 2.57. The average Bonchev–Trinajstić information content (AvgIpc) is 2.36. The molecule has 0 bridgehead atoms. The van der Waals surface area contributed by atoms with Crippen molar-refractivity contribution >= 4 is 17.5 Å². The standard InChI is InChI=1S/C16H22N2O2/c1-10(2)8-13-16(20)18(9-15(19)17-13)14-7-5-6-11(3)12(14)4/h5-7,10,13H,8-9H2,1-4H3,(H,17,19). The van der Waals surface area contributed by atoms with Crippen molar-refractivity contribution in [3.8, 4) is 0 Å². The number of anilines is 1. The van der Waals surface area contributed by atoms with Crippen molar-refractivity contribution in [2.24, 2.45) is 5.92 Å². The van der Waals surface area contributed by atoms with Crippen LogP contribution < -0.4 is 10.2 Å². The Bertz CT molecular complexity index is 537. The van der Waals surface area contributed by atoms with E-state index >= 15 is 0 Å². The van der Waals surface area contributed by atoms with Gasteiger partial charge in [-0.1, -0.05) is 26.0 Å². The summed E-state index contributed by atoms with van der Waals surface area (Å²) < 4.78 is 0. The fourth-order valence-electron chi connectivity index (χ4n) is 2.57. The van der Waals surface area contributed by atoms with Crippen molar-refractivity contribution in [1.82, 2.24) is 5.32 Å². The molecule has 0 radical (unpaired) electrons. The summed E-state index contributed by atoms with van der Waals surface area (Å²) in [6.07, 6.45) is 0.673. The van der Waals surface area contributed by atoms with Crippen LogP contribution in [0.2, 0.25) is 0 Å². The van der Waals surface area contributed by atoms with Gasteiger partial charge in [0, 0.05) is 5.69 Å². The Hall–Kier alpha value is -1.84. The number of amides is 2. The summed E-state index contributed by atoms with van der Waals surface area (Å²) in [4.78, 5) is 26.1. The van der Waals surface area contributed by atoms with E-state index in [0.29, 0.717) is 12.3 Å². The number of aryl methyl sites for hydroxylation is 1. The molecule has 0 spiro atoms. The van der Waals surface area contributed by atoms with Gasteiger partial charge in [0.2, 0.25) is 11.8 Å². The van der Waals surface area contributed by atoms with Crippen LogP contribution in [-0.2, 0) is 9.59 Å². The van der Waals surface area contributed by atoms with Gasteiger partial charge in [0.1, 0.15) is 12.6 Å². The molecule has 1 saturated heterocycles. The molecular weight excluding hydrogens is 252 g/mol. The van der Waals surface area contributed by atoms with E-state index in [2.05, 4.69) is 19.2 Å². The molecule has 1 N–H and O–H groups in total. The minimum Gasteiger partial charge on any atom is -0.343 e. The lowest BCUT2D eigenvalue weighted by Crippen LogP contribution is -2.58. The topological polar surface area (TPSA) is 49.4 Å². The molecular formula is C16H22N2O2. The van der Waals surface area contributed by atoms with E-state index in [1.807, 2.05) is 32.0 Å². The van der Waals surface area contributed by atoms with Gasteiger partial charge in [-0.2, -0.15) is 0 Å². The average molecular weight is 274 g/mol. The van der Waals surface area contributed by atoms with Crippen molar-refractivity contribution in [2.75, 3.05) is 11.4 Å². The third-order valence-electron chi connectivity index (χ3n) is 3.78. The molecule has 1 atom stereocenters. The molecule has 2 rings (SSSR count). The SMILES string of the molecule is Cc1cccc(N2CC(=O)NC(CC(C)C)C2=O)c1C. The predicted octanol–water partition coefficient (Wildman–Crippen LogP) is 2.18. The highest BCUT2D eigenvalue weighted by Gasteiger charge is 2.34. The van der Waals surface area contributed by atoms with Gasteiger partial charge in [-0.15, -0.1) is 0 Å². The molecule has 1 aromatic carbocycles. The highest BCUT2D eigenvalue weighted by molar-refractivity contribution is 6.07. The van der Waals surface area contributed by atoms with E-state index in [4.69, 9.17) is 0 Å². The van der Waals surface area contributed by atoms with E-state index in [1.165, 1.54) is 0 Å².